The zero-order valence-corrected chi connectivity index (χ0v) is 17.6. The van der Waals surface area contributed by atoms with Crippen molar-refractivity contribution in [2.75, 3.05) is 41.9 Å². The average molecular weight is 455 g/mol. The Balaban J connectivity index is 1.55. The van der Waals surface area contributed by atoms with E-state index in [-0.39, 0.29) is 17.6 Å². The summed E-state index contributed by atoms with van der Waals surface area (Å²) in [4.78, 5) is 25.7. The zero-order valence-electron chi connectivity index (χ0n) is 16.8. The summed E-state index contributed by atoms with van der Waals surface area (Å²) >= 11 is 5.90. The average Bonchev–Trinajstić information content (AvgIpc) is 2.81. The van der Waals surface area contributed by atoms with Gasteiger partial charge in [-0.2, -0.15) is 20.1 Å². The lowest BCUT2D eigenvalue weighted by Crippen LogP contribution is -2.37. The minimum Gasteiger partial charge on any atom is -0.378 e. The van der Waals surface area contributed by atoms with Crippen molar-refractivity contribution in [2.45, 2.75) is 0 Å². The molecule has 1 saturated heterocycles. The van der Waals surface area contributed by atoms with Crippen molar-refractivity contribution in [1.82, 2.24) is 15.0 Å². The van der Waals surface area contributed by atoms with Crippen LogP contribution in [0.4, 0.5) is 29.2 Å². The minimum absolute atomic E-state index is 0.000838. The van der Waals surface area contributed by atoms with Gasteiger partial charge in [0.1, 0.15) is 0 Å². The lowest BCUT2D eigenvalue weighted by atomic mass is 10.2. The molecule has 164 valence electrons. The third kappa shape index (κ3) is 5.65. The number of hydrogen-bond acceptors (Lipinski definition) is 10. The van der Waals surface area contributed by atoms with Gasteiger partial charge in [0.25, 0.3) is 5.69 Å². The Morgan fingerprint density at radius 2 is 1.72 bits per heavy atom. The third-order valence-electron chi connectivity index (χ3n) is 4.50. The molecule has 2 heterocycles. The summed E-state index contributed by atoms with van der Waals surface area (Å²) in [6.07, 6.45) is 1.62. The first-order valence-electron chi connectivity index (χ1n) is 9.72. The minimum atomic E-state index is -0.454. The number of hydrogen-bond donors (Lipinski definition) is 2. The van der Waals surface area contributed by atoms with E-state index < -0.39 is 4.92 Å². The molecule has 0 saturated carbocycles. The topological polar surface area (TPSA) is 131 Å². The molecule has 0 unspecified atom stereocenters. The van der Waals surface area contributed by atoms with E-state index in [0.29, 0.717) is 43.0 Å². The van der Waals surface area contributed by atoms with E-state index in [2.05, 4.69) is 30.8 Å². The molecule has 0 amide bonds. The van der Waals surface area contributed by atoms with Gasteiger partial charge in [-0.15, -0.1) is 0 Å². The van der Waals surface area contributed by atoms with Gasteiger partial charge in [0, 0.05) is 35.9 Å². The maximum absolute atomic E-state index is 10.9. The molecule has 12 heteroatoms. The first-order valence-corrected chi connectivity index (χ1v) is 10.1. The summed E-state index contributed by atoms with van der Waals surface area (Å²) < 4.78 is 5.40. The van der Waals surface area contributed by atoms with E-state index in [9.17, 15) is 10.1 Å². The summed E-state index contributed by atoms with van der Waals surface area (Å²) in [5.41, 5.74) is 4.28. The second-order valence-corrected chi connectivity index (χ2v) is 7.17. The number of hydrazone groups is 1. The molecule has 32 heavy (non-hydrogen) atoms. The normalized spacial score (nSPS) is 13.8. The monoisotopic (exact) mass is 454 g/mol. The smallest absolute Gasteiger partial charge is 0.269 e. The first kappa shape index (κ1) is 21.4. The van der Waals surface area contributed by atoms with Crippen LogP contribution in [0.1, 0.15) is 5.56 Å². The van der Waals surface area contributed by atoms with Crippen molar-refractivity contribution >= 4 is 47.0 Å². The van der Waals surface area contributed by atoms with Crippen molar-refractivity contribution in [3.05, 3.63) is 69.2 Å². The highest BCUT2D eigenvalue weighted by Crippen LogP contribution is 2.21. The number of morpholine rings is 1. The van der Waals surface area contributed by atoms with Gasteiger partial charge in [-0.3, -0.25) is 10.1 Å². The Morgan fingerprint density at radius 3 is 2.41 bits per heavy atom. The zero-order chi connectivity index (χ0) is 22.3. The largest absolute Gasteiger partial charge is 0.378 e. The van der Waals surface area contributed by atoms with Crippen molar-refractivity contribution in [2.24, 2.45) is 5.10 Å². The predicted octanol–water partition coefficient (Wildman–Crippen LogP) is 3.46. The number of rotatable bonds is 7. The number of nitrogens with zero attached hydrogens (tertiary/aromatic N) is 6. The maximum atomic E-state index is 10.9. The van der Waals surface area contributed by atoms with Crippen LogP contribution in [0.5, 0.6) is 0 Å². The fourth-order valence-electron chi connectivity index (χ4n) is 2.88. The standard InChI is InChI=1S/C20H19ClN8O3/c21-15-3-1-14(2-4-15)13-22-27-19-24-18(23-16-5-7-17(8-6-16)29(30)31)25-20(26-19)28-9-11-32-12-10-28/h1-8,13H,9-12H2,(H2,23,24,25,26,27)/b22-13+. The van der Waals surface area contributed by atoms with Crippen molar-refractivity contribution in [1.29, 1.82) is 0 Å². The summed E-state index contributed by atoms with van der Waals surface area (Å²) in [5.74, 6) is 0.993. The van der Waals surface area contributed by atoms with E-state index in [1.165, 1.54) is 12.1 Å². The number of nitro groups is 1. The quantitative estimate of drug-likeness (QED) is 0.313. The third-order valence-corrected chi connectivity index (χ3v) is 4.75. The maximum Gasteiger partial charge on any atom is 0.269 e. The van der Waals surface area contributed by atoms with Gasteiger partial charge in [0.2, 0.25) is 17.8 Å². The lowest BCUT2D eigenvalue weighted by molar-refractivity contribution is -0.384. The Labute approximate surface area is 188 Å². The molecule has 0 atom stereocenters. The Morgan fingerprint density at radius 1 is 1.03 bits per heavy atom. The molecule has 0 spiro atoms. The Kier molecular flexibility index (Phi) is 6.68. The number of benzene rings is 2. The van der Waals surface area contributed by atoms with Crippen LogP contribution >= 0.6 is 11.6 Å². The number of anilines is 4. The number of nitro benzene ring substituents is 1. The number of ether oxygens (including phenoxy) is 1. The van der Waals surface area contributed by atoms with Crippen LogP contribution < -0.4 is 15.6 Å². The molecule has 0 radical (unpaired) electrons. The molecule has 2 aromatic carbocycles. The van der Waals surface area contributed by atoms with Crippen molar-refractivity contribution in [3.8, 4) is 0 Å². The molecule has 2 N–H and O–H groups in total. The summed E-state index contributed by atoms with van der Waals surface area (Å²) in [7, 11) is 0. The van der Waals surface area contributed by atoms with E-state index in [1.807, 2.05) is 17.0 Å². The second kappa shape index (κ2) is 9.98. The molecule has 4 rings (SSSR count). The van der Waals surface area contributed by atoms with E-state index >= 15 is 0 Å². The first-order chi connectivity index (χ1) is 15.6. The molecular weight excluding hydrogens is 436 g/mol. The Bertz CT molecular complexity index is 1100. The van der Waals surface area contributed by atoms with Crippen LogP contribution in [0.15, 0.2) is 53.6 Å². The molecule has 1 aliphatic rings. The molecule has 0 aliphatic carbocycles. The van der Waals surface area contributed by atoms with Crippen LogP contribution in [0.2, 0.25) is 5.02 Å². The van der Waals surface area contributed by atoms with Crippen molar-refractivity contribution in [3.63, 3.8) is 0 Å². The predicted molar refractivity (Wildman–Crippen MR) is 122 cm³/mol. The van der Waals surface area contributed by atoms with Crippen LogP contribution in [0.25, 0.3) is 0 Å². The van der Waals surface area contributed by atoms with Crippen LogP contribution in [-0.2, 0) is 4.74 Å². The van der Waals surface area contributed by atoms with Gasteiger partial charge in [-0.05, 0) is 29.8 Å². The molecule has 1 aromatic heterocycles. The molecule has 1 aliphatic heterocycles. The molecule has 1 fully saturated rings. The van der Waals surface area contributed by atoms with Crippen LogP contribution in [0.3, 0.4) is 0 Å². The number of aromatic nitrogens is 3. The number of nitrogens with one attached hydrogen (secondary N) is 2. The lowest BCUT2D eigenvalue weighted by Gasteiger charge is -2.27. The molecule has 3 aromatic rings. The molecular formula is C20H19ClN8O3. The summed E-state index contributed by atoms with van der Waals surface area (Å²) in [6, 6.07) is 13.2. The van der Waals surface area contributed by atoms with E-state index in [1.54, 1.807) is 30.5 Å². The molecule has 11 nitrogen and oxygen atoms in total. The van der Waals surface area contributed by atoms with Gasteiger partial charge >= 0.3 is 0 Å². The van der Waals surface area contributed by atoms with Gasteiger partial charge in [0.15, 0.2) is 0 Å². The number of halogens is 1. The van der Waals surface area contributed by atoms with Crippen LogP contribution in [-0.4, -0.2) is 52.4 Å². The van der Waals surface area contributed by atoms with E-state index in [0.717, 1.165) is 5.56 Å². The van der Waals surface area contributed by atoms with Gasteiger partial charge in [-0.25, -0.2) is 5.43 Å². The Hall–Kier alpha value is -3.83. The fraction of sp³-hybridized carbons (Fsp3) is 0.200. The summed E-state index contributed by atoms with van der Waals surface area (Å²) in [5, 5.41) is 18.8. The highest BCUT2D eigenvalue weighted by molar-refractivity contribution is 6.30. The highest BCUT2D eigenvalue weighted by Gasteiger charge is 2.17. The van der Waals surface area contributed by atoms with Gasteiger partial charge < -0.3 is 15.0 Å². The van der Waals surface area contributed by atoms with Crippen LogP contribution in [0, 0.1) is 10.1 Å². The SMILES string of the molecule is O=[N+]([O-])c1ccc(Nc2nc(N/N=C/c3ccc(Cl)cc3)nc(N3CCOCC3)n2)cc1. The number of non-ortho nitro benzene ring substituents is 1. The van der Waals surface area contributed by atoms with Gasteiger partial charge in [0.05, 0.1) is 24.4 Å². The fourth-order valence-corrected chi connectivity index (χ4v) is 3.01. The van der Waals surface area contributed by atoms with E-state index in [4.69, 9.17) is 16.3 Å². The molecule has 0 bridgehead atoms. The second-order valence-electron chi connectivity index (χ2n) is 6.73. The van der Waals surface area contributed by atoms with Crippen molar-refractivity contribution < 1.29 is 9.66 Å². The van der Waals surface area contributed by atoms with Gasteiger partial charge in [-0.1, -0.05) is 23.7 Å². The highest BCUT2D eigenvalue weighted by atomic mass is 35.5. The summed E-state index contributed by atoms with van der Waals surface area (Å²) in [6.45, 7) is 2.45.